The summed E-state index contributed by atoms with van der Waals surface area (Å²) >= 11 is 0. The zero-order valence-corrected chi connectivity index (χ0v) is 26.1. The maximum atomic E-state index is 13.4. The van der Waals surface area contributed by atoms with Gasteiger partial charge >= 0.3 is 5.97 Å². The number of anilines is 2. The third-order valence-corrected chi connectivity index (χ3v) is 7.62. The van der Waals surface area contributed by atoms with Crippen molar-refractivity contribution >= 4 is 23.3 Å². The molecule has 0 aliphatic rings. The number of hydrogen-bond acceptors (Lipinski definition) is 4. The molecule has 0 spiro atoms. The molecule has 1 amide bonds. The molecule has 230 valence electrons. The number of carbonyl (C=O) groups is 2. The average Bonchev–Trinajstić information content (AvgIpc) is 3.01. The van der Waals surface area contributed by atoms with Crippen molar-refractivity contribution in [1.29, 1.82) is 0 Å². The number of rotatable bonds is 16. The maximum absolute atomic E-state index is 13.4. The Balaban J connectivity index is 1.53. The van der Waals surface area contributed by atoms with Gasteiger partial charge in [-0.25, -0.2) is 0 Å². The van der Waals surface area contributed by atoms with E-state index in [2.05, 4.69) is 78.7 Å². The van der Waals surface area contributed by atoms with Crippen molar-refractivity contribution in [2.24, 2.45) is 0 Å². The summed E-state index contributed by atoms with van der Waals surface area (Å²) in [5, 5.41) is 11.9. The van der Waals surface area contributed by atoms with Gasteiger partial charge in [-0.1, -0.05) is 87.4 Å². The molecule has 0 aliphatic carbocycles. The van der Waals surface area contributed by atoms with Crippen LogP contribution in [0.2, 0.25) is 0 Å². The summed E-state index contributed by atoms with van der Waals surface area (Å²) in [5.74, 6) is -0.566. The van der Waals surface area contributed by atoms with Gasteiger partial charge in [0.15, 0.2) is 0 Å². The number of nitrogens with zero attached hydrogens (tertiary/aromatic N) is 1. The second kappa shape index (κ2) is 16.3. The summed E-state index contributed by atoms with van der Waals surface area (Å²) < 4.78 is 5.78. The van der Waals surface area contributed by atoms with Crippen molar-refractivity contribution in [3.05, 3.63) is 124 Å². The van der Waals surface area contributed by atoms with Gasteiger partial charge in [0.2, 0.25) is 0 Å². The highest BCUT2D eigenvalue weighted by Crippen LogP contribution is 2.27. The van der Waals surface area contributed by atoms with Crippen molar-refractivity contribution in [3.63, 3.8) is 0 Å². The normalized spacial score (nSPS) is 10.8. The third-order valence-electron chi connectivity index (χ3n) is 7.62. The Kier molecular flexibility index (Phi) is 12.0. The summed E-state index contributed by atoms with van der Waals surface area (Å²) in [6.07, 6.45) is 4.84. The van der Waals surface area contributed by atoms with E-state index in [1.807, 2.05) is 31.2 Å². The number of benzene rings is 4. The number of carboxylic acids is 1. The molecule has 0 aromatic heterocycles. The van der Waals surface area contributed by atoms with E-state index in [1.54, 1.807) is 12.1 Å². The Morgan fingerprint density at radius 3 is 1.89 bits per heavy atom. The molecule has 0 bridgehead atoms. The summed E-state index contributed by atoms with van der Waals surface area (Å²) in [6.45, 7) is 8.12. The molecule has 44 heavy (non-hydrogen) atoms. The molecule has 0 unspecified atom stereocenters. The summed E-state index contributed by atoms with van der Waals surface area (Å²) in [6, 6.07) is 31.0. The van der Waals surface area contributed by atoms with Crippen LogP contribution in [0.3, 0.4) is 0 Å². The first-order chi connectivity index (χ1) is 21.4. The van der Waals surface area contributed by atoms with Gasteiger partial charge in [-0.15, -0.1) is 0 Å². The van der Waals surface area contributed by atoms with Crippen molar-refractivity contribution < 1.29 is 19.4 Å². The van der Waals surface area contributed by atoms with E-state index in [1.165, 1.54) is 22.3 Å². The smallest absolute Gasteiger partial charge is 0.303 e. The molecule has 6 nitrogen and oxygen atoms in total. The van der Waals surface area contributed by atoms with Crippen LogP contribution in [0.4, 0.5) is 11.4 Å². The molecule has 4 rings (SSSR count). The molecule has 0 saturated heterocycles. The van der Waals surface area contributed by atoms with Crippen molar-refractivity contribution in [3.8, 4) is 5.75 Å². The quantitative estimate of drug-likeness (QED) is 0.127. The summed E-state index contributed by atoms with van der Waals surface area (Å²) in [7, 11) is 0. The Morgan fingerprint density at radius 2 is 1.34 bits per heavy atom. The van der Waals surface area contributed by atoms with Gasteiger partial charge in [0.05, 0.1) is 12.3 Å². The Labute approximate surface area is 261 Å². The molecule has 2 N–H and O–H groups in total. The lowest BCUT2D eigenvalue weighted by Gasteiger charge is -2.26. The van der Waals surface area contributed by atoms with Crippen molar-refractivity contribution in [2.45, 2.75) is 72.4 Å². The summed E-state index contributed by atoms with van der Waals surface area (Å²) in [4.78, 5) is 26.6. The SMILES string of the molecule is CCCc1ccc(CN(Cc2ccc(CCC)cc2)c2ccc(C(=O)Nc3ccccc3OCCCC(=O)O)c(C)c2)cc1. The van der Waals surface area contributed by atoms with E-state index in [0.29, 0.717) is 23.4 Å². The van der Waals surface area contributed by atoms with Crippen LogP contribution in [-0.4, -0.2) is 23.6 Å². The first-order valence-electron chi connectivity index (χ1n) is 15.6. The molecule has 4 aromatic rings. The van der Waals surface area contributed by atoms with E-state index < -0.39 is 5.97 Å². The predicted octanol–water partition coefficient (Wildman–Crippen LogP) is 8.60. The monoisotopic (exact) mass is 592 g/mol. The van der Waals surface area contributed by atoms with E-state index in [-0.39, 0.29) is 18.9 Å². The van der Waals surface area contributed by atoms with Crippen LogP contribution in [0, 0.1) is 6.92 Å². The largest absolute Gasteiger partial charge is 0.491 e. The van der Waals surface area contributed by atoms with Gasteiger partial charge in [-0.3, -0.25) is 9.59 Å². The molecule has 0 radical (unpaired) electrons. The van der Waals surface area contributed by atoms with E-state index in [9.17, 15) is 9.59 Å². The number of hydrogen-bond donors (Lipinski definition) is 2. The molecule has 0 fully saturated rings. The second-order valence-electron chi connectivity index (χ2n) is 11.3. The van der Waals surface area contributed by atoms with Gasteiger partial charge in [0, 0.05) is 30.8 Å². The van der Waals surface area contributed by atoms with Crippen LogP contribution in [-0.2, 0) is 30.7 Å². The fourth-order valence-electron chi connectivity index (χ4n) is 5.27. The first-order valence-corrected chi connectivity index (χ1v) is 15.6. The number of para-hydroxylation sites is 2. The van der Waals surface area contributed by atoms with E-state index in [0.717, 1.165) is 50.0 Å². The molecule has 0 aliphatic heterocycles. The number of carbonyl (C=O) groups excluding carboxylic acids is 1. The molecule has 0 atom stereocenters. The van der Waals surface area contributed by atoms with Crippen molar-refractivity contribution in [1.82, 2.24) is 0 Å². The van der Waals surface area contributed by atoms with Crippen molar-refractivity contribution in [2.75, 3.05) is 16.8 Å². The lowest BCUT2D eigenvalue weighted by atomic mass is 10.0. The average molecular weight is 593 g/mol. The molecule has 6 heteroatoms. The van der Waals surface area contributed by atoms with Gasteiger partial charge in [-0.05, 0) is 84.3 Å². The lowest BCUT2D eigenvalue weighted by molar-refractivity contribution is -0.137. The number of amides is 1. The topological polar surface area (TPSA) is 78.9 Å². The third kappa shape index (κ3) is 9.46. The zero-order valence-electron chi connectivity index (χ0n) is 26.1. The standard InChI is InChI=1S/C38H44N2O4/c1-4-9-29-14-18-31(19-15-29)26-40(27-32-20-16-30(10-5-2)17-21-32)33-22-23-34(28(3)25-33)38(43)39-35-11-6-7-12-36(35)44-24-8-13-37(41)42/h6-7,11-12,14-23,25H,4-5,8-10,13,24,26-27H2,1-3H3,(H,39,43)(H,41,42). The van der Waals surface area contributed by atoms with E-state index >= 15 is 0 Å². The van der Waals surface area contributed by atoms with Gasteiger partial charge in [0.25, 0.3) is 5.91 Å². The Bertz CT molecular complexity index is 1460. The number of ether oxygens (including phenoxy) is 1. The van der Waals surface area contributed by atoms with Crippen LogP contribution in [0.15, 0.2) is 91.0 Å². The first kappa shape index (κ1) is 32.3. The number of carboxylic acid groups (broad SMARTS) is 1. The minimum Gasteiger partial charge on any atom is -0.491 e. The molecule has 4 aromatic carbocycles. The second-order valence-corrected chi connectivity index (χ2v) is 11.3. The van der Waals surface area contributed by atoms with Crippen LogP contribution in [0.5, 0.6) is 5.75 Å². The highest BCUT2D eigenvalue weighted by atomic mass is 16.5. The van der Waals surface area contributed by atoms with Crippen LogP contribution >= 0.6 is 0 Å². The Morgan fingerprint density at radius 1 is 0.773 bits per heavy atom. The van der Waals surface area contributed by atoms with Gasteiger partial charge < -0.3 is 20.1 Å². The fourth-order valence-corrected chi connectivity index (χ4v) is 5.27. The van der Waals surface area contributed by atoms with Gasteiger partial charge in [-0.2, -0.15) is 0 Å². The minimum atomic E-state index is -0.859. The molecule has 0 heterocycles. The molecule has 0 saturated carbocycles. The molecular formula is C38H44N2O4. The Hall–Kier alpha value is -4.58. The maximum Gasteiger partial charge on any atom is 0.303 e. The number of aliphatic carboxylic acids is 1. The zero-order chi connectivity index (χ0) is 31.3. The number of nitrogens with one attached hydrogen (secondary N) is 1. The summed E-state index contributed by atoms with van der Waals surface area (Å²) in [5.41, 5.74) is 8.26. The van der Waals surface area contributed by atoms with Gasteiger partial charge in [0.1, 0.15) is 5.75 Å². The minimum absolute atomic E-state index is 0.0332. The predicted molar refractivity (Wildman–Crippen MR) is 179 cm³/mol. The highest BCUT2D eigenvalue weighted by Gasteiger charge is 2.16. The fraction of sp³-hybridized carbons (Fsp3) is 0.316. The lowest BCUT2D eigenvalue weighted by Crippen LogP contribution is -2.23. The molecular weight excluding hydrogens is 548 g/mol. The van der Waals surface area contributed by atoms with Crippen LogP contribution < -0.4 is 15.0 Å². The van der Waals surface area contributed by atoms with E-state index in [4.69, 9.17) is 9.84 Å². The van der Waals surface area contributed by atoms with Crippen LogP contribution in [0.1, 0.15) is 77.7 Å². The number of aryl methyl sites for hydroxylation is 3. The highest BCUT2D eigenvalue weighted by molar-refractivity contribution is 6.06. The van der Waals surface area contributed by atoms with Crippen LogP contribution in [0.25, 0.3) is 0 Å².